The van der Waals surface area contributed by atoms with Crippen LogP contribution in [0.15, 0.2) is 24.3 Å². The quantitative estimate of drug-likeness (QED) is 0.850. The zero-order valence-electron chi connectivity index (χ0n) is 12.1. The lowest BCUT2D eigenvalue weighted by atomic mass is 9.89. The van der Waals surface area contributed by atoms with E-state index in [1.54, 1.807) is 19.2 Å². The molecule has 1 saturated carbocycles. The molecular weight excluding hydrogens is 272 g/mol. The standard InChI is InChI=1S/C15H24N2O2S/c1-17(11-13-7-3-2-4-8-13)20(18,19)12-14-9-5-6-10-15(14)16/h5-6,9-10,13H,2-4,7-8,11-12,16H2,1H3. The molecule has 0 atom stereocenters. The highest BCUT2D eigenvalue weighted by Crippen LogP contribution is 2.25. The third-order valence-electron chi connectivity index (χ3n) is 4.11. The van der Waals surface area contributed by atoms with Gasteiger partial charge < -0.3 is 5.73 Å². The van der Waals surface area contributed by atoms with Gasteiger partial charge in [-0.2, -0.15) is 0 Å². The Morgan fingerprint density at radius 2 is 1.85 bits per heavy atom. The van der Waals surface area contributed by atoms with Gasteiger partial charge in [-0.05, 0) is 30.4 Å². The van der Waals surface area contributed by atoms with E-state index in [1.165, 1.54) is 23.6 Å². The second kappa shape index (κ2) is 6.59. The highest BCUT2D eigenvalue weighted by molar-refractivity contribution is 7.88. The Balaban J connectivity index is 2.00. The van der Waals surface area contributed by atoms with Crippen LogP contribution in [0.1, 0.15) is 37.7 Å². The van der Waals surface area contributed by atoms with Crippen LogP contribution in [0.3, 0.4) is 0 Å². The Morgan fingerprint density at radius 3 is 2.50 bits per heavy atom. The van der Waals surface area contributed by atoms with E-state index in [-0.39, 0.29) is 5.75 Å². The van der Waals surface area contributed by atoms with Gasteiger partial charge in [0.1, 0.15) is 0 Å². The summed E-state index contributed by atoms with van der Waals surface area (Å²) in [5.41, 5.74) is 7.06. The Hall–Kier alpha value is -1.07. The lowest BCUT2D eigenvalue weighted by Crippen LogP contribution is -2.33. The molecule has 4 nitrogen and oxygen atoms in total. The van der Waals surface area contributed by atoms with Gasteiger partial charge in [0.25, 0.3) is 0 Å². The fourth-order valence-electron chi connectivity index (χ4n) is 2.82. The highest BCUT2D eigenvalue weighted by atomic mass is 32.2. The van der Waals surface area contributed by atoms with Crippen molar-refractivity contribution in [2.75, 3.05) is 19.3 Å². The zero-order valence-corrected chi connectivity index (χ0v) is 12.9. The molecule has 0 unspecified atom stereocenters. The third kappa shape index (κ3) is 3.96. The van der Waals surface area contributed by atoms with Crippen LogP contribution in [0.4, 0.5) is 5.69 Å². The molecule has 1 aromatic carbocycles. The first-order valence-corrected chi connectivity index (χ1v) is 8.87. The minimum Gasteiger partial charge on any atom is -0.398 e. The van der Waals surface area contributed by atoms with E-state index in [1.807, 2.05) is 12.1 Å². The molecule has 2 rings (SSSR count). The van der Waals surface area contributed by atoms with E-state index < -0.39 is 10.0 Å². The smallest absolute Gasteiger partial charge is 0.218 e. The van der Waals surface area contributed by atoms with Crippen LogP contribution in [0.25, 0.3) is 0 Å². The molecule has 0 bridgehead atoms. The fraction of sp³-hybridized carbons (Fsp3) is 0.600. The number of benzene rings is 1. The first kappa shape index (κ1) is 15.3. The van der Waals surface area contributed by atoms with Crippen molar-refractivity contribution < 1.29 is 8.42 Å². The molecule has 0 saturated heterocycles. The van der Waals surface area contributed by atoms with Gasteiger partial charge >= 0.3 is 0 Å². The number of nitrogen functional groups attached to an aromatic ring is 1. The first-order valence-electron chi connectivity index (χ1n) is 7.26. The summed E-state index contributed by atoms with van der Waals surface area (Å²) < 4.78 is 26.3. The summed E-state index contributed by atoms with van der Waals surface area (Å²) in [5, 5.41) is 0. The number of hydrogen-bond donors (Lipinski definition) is 1. The van der Waals surface area contributed by atoms with Crippen molar-refractivity contribution in [2.45, 2.75) is 37.9 Å². The summed E-state index contributed by atoms with van der Waals surface area (Å²) in [5.74, 6) is 0.500. The molecule has 1 aliphatic carbocycles. The molecule has 0 aromatic heterocycles. The lowest BCUT2D eigenvalue weighted by Gasteiger charge is -2.26. The zero-order chi connectivity index (χ0) is 14.6. The van der Waals surface area contributed by atoms with E-state index in [4.69, 9.17) is 5.73 Å². The monoisotopic (exact) mass is 296 g/mol. The number of rotatable bonds is 5. The first-order chi connectivity index (χ1) is 9.49. The van der Waals surface area contributed by atoms with Crippen molar-refractivity contribution in [1.82, 2.24) is 4.31 Å². The molecule has 0 spiro atoms. The minimum absolute atomic E-state index is 0.0110. The Labute approximate surface area is 122 Å². The predicted molar refractivity (Wildman–Crippen MR) is 82.7 cm³/mol. The van der Waals surface area contributed by atoms with Gasteiger partial charge in [0.15, 0.2) is 0 Å². The van der Waals surface area contributed by atoms with Gasteiger partial charge in [-0.1, -0.05) is 37.5 Å². The molecule has 0 radical (unpaired) electrons. The van der Waals surface area contributed by atoms with E-state index in [0.29, 0.717) is 23.7 Å². The van der Waals surface area contributed by atoms with Crippen molar-refractivity contribution in [3.8, 4) is 0 Å². The molecule has 1 aromatic rings. The summed E-state index contributed by atoms with van der Waals surface area (Å²) in [6.07, 6.45) is 6.03. The second-order valence-corrected chi connectivity index (χ2v) is 7.82. The number of nitrogens with two attached hydrogens (primary N) is 1. The largest absolute Gasteiger partial charge is 0.398 e. The van der Waals surface area contributed by atoms with E-state index >= 15 is 0 Å². The van der Waals surface area contributed by atoms with Crippen LogP contribution in [-0.4, -0.2) is 26.3 Å². The molecule has 112 valence electrons. The maximum atomic E-state index is 12.4. The highest BCUT2D eigenvalue weighted by Gasteiger charge is 2.23. The van der Waals surface area contributed by atoms with Gasteiger partial charge in [0.2, 0.25) is 10.0 Å². The average molecular weight is 296 g/mol. The SMILES string of the molecule is CN(CC1CCCCC1)S(=O)(=O)Cc1ccccc1N. The maximum absolute atomic E-state index is 12.4. The lowest BCUT2D eigenvalue weighted by molar-refractivity contribution is 0.300. The van der Waals surface area contributed by atoms with Crippen molar-refractivity contribution in [1.29, 1.82) is 0 Å². The Bertz CT molecular complexity index is 537. The summed E-state index contributed by atoms with van der Waals surface area (Å²) in [7, 11) is -1.60. The molecule has 1 fully saturated rings. The van der Waals surface area contributed by atoms with Crippen molar-refractivity contribution in [3.63, 3.8) is 0 Å². The van der Waals surface area contributed by atoms with Gasteiger partial charge in [-0.3, -0.25) is 0 Å². The van der Waals surface area contributed by atoms with Crippen LogP contribution in [0, 0.1) is 5.92 Å². The van der Waals surface area contributed by atoms with E-state index in [0.717, 1.165) is 12.8 Å². The van der Waals surface area contributed by atoms with Crippen LogP contribution < -0.4 is 5.73 Å². The summed E-state index contributed by atoms with van der Waals surface area (Å²) in [4.78, 5) is 0. The van der Waals surface area contributed by atoms with Gasteiger partial charge in [-0.25, -0.2) is 12.7 Å². The van der Waals surface area contributed by atoms with Crippen LogP contribution in [0.5, 0.6) is 0 Å². The van der Waals surface area contributed by atoms with Crippen LogP contribution in [-0.2, 0) is 15.8 Å². The molecule has 5 heteroatoms. The normalized spacial score (nSPS) is 17.5. The summed E-state index contributed by atoms with van der Waals surface area (Å²) in [6, 6.07) is 7.16. The number of anilines is 1. The Morgan fingerprint density at radius 1 is 1.20 bits per heavy atom. The van der Waals surface area contributed by atoms with E-state index in [9.17, 15) is 8.42 Å². The van der Waals surface area contributed by atoms with Crippen LogP contribution in [0.2, 0.25) is 0 Å². The van der Waals surface area contributed by atoms with Gasteiger partial charge in [-0.15, -0.1) is 0 Å². The number of sulfonamides is 1. The second-order valence-electron chi connectivity index (χ2n) is 5.74. The summed E-state index contributed by atoms with van der Waals surface area (Å²) in [6.45, 7) is 0.634. The Kier molecular flexibility index (Phi) is 5.05. The molecule has 0 heterocycles. The fourth-order valence-corrected chi connectivity index (χ4v) is 4.13. The minimum atomic E-state index is -3.28. The molecule has 1 aliphatic rings. The summed E-state index contributed by atoms with van der Waals surface area (Å²) >= 11 is 0. The van der Waals surface area contributed by atoms with Gasteiger partial charge in [0, 0.05) is 19.3 Å². The van der Waals surface area contributed by atoms with Crippen LogP contribution >= 0.6 is 0 Å². The molecule has 2 N–H and O–H groups in total. The van der Waals surface area contributed by atoms with E-state index in [2.05, 4.69) is 0 Å². The third-order valence-corrected chi connectivity index (χ3v) is 5.88. The van der Waals surface area contributed by atoms with Crippen molar-refractivity contribution >= 4 is 15.7 Å². The molecular formula is C15H24N2O2S. The average Bonchev–Trinajstić information content (AvgIpc) is 2.42. The number of para-hydroxylation sites is 1. The maximum Gasteiger partial charge on any atom is 0.218 e. The van der Waals surface area contributed by atoms with Gasteiger partial charge in [0.05, 0.1) is 5.75 Å². The van der Waals surface area contributed by atoms with Crippen molar-refractivity contribution in [2.24, 2.45) is 5.92 Å². The molecule has 0 amide bonds. The van der Waals surface area contributed by atoms with Crippen molar-refractivity contribution in [3.05, 3.63) is 29.8 Å². The number of hydrogen-bond acceptors (Lipinski definition) is 3. The molecule has 20 heavy (non-hydrogen) atoms. The topological polar surface area (TPSA) is 63.4 Å². The predicted octanol–water partition coefficient (Wildman–Crippen LogP) is 2.61. The molecule has 0 aliphatic heterocycles. The number of nitrogens with zero attached hydrogens (tertiary/aromatic N) is 1.